The van der Waals surface area contributed by atoms with E-state index in [1.54, 1.807) is 0 Å². The van der Waals surface area contributed by atoms with E-state index < -0.39 is 6.04 Å². The number of benzene rings is 1. The van der Waals surface area contributed by atoms with Gasteiger partial charge in [0.2, 0.25) is 5.91 Å². The van der Waals surface area contributed by atoms with Crippen molar-refractivity contribution in [3.05, 3.63) is 36.0 Å². The maximum absolute atomic E-state index is 12.1. The summed E-state index contributed by atoms with van der Waals surface area (Å²) in [7, 11) is 0. The van der Waals surface area contributed by atoms with Crippen LogP contribution in [0.2, 0.25) is 0 Å². The Hall–Kier alpha value is -1.85. The third kappa shape index (κ3) is 4.06. The normalized spacial score (nSPS) is 14.0. The van der Waals surface area contributed by atoms with Crippen LogP contribution in [0.4, 0.5) is 0 Å². The van der Waals surface area contributed by atoms with E-state index in [1.165, 1.54) is 0 Å². The maximum Gasteiger partial charge on any atom is 0.237 e. The average Bonchev–Trinajstić information content (AvgIpc) is 2.88. The zero-order valence-corrected chi connectivity index (χ0v) is 12.6. The molecule has 0 fully saturated rings. The van der Waals surface area contributed by atoms with E-state index in [-0.39, 0.29) is 11.9 Å². The molecule has 5 nitrogen and oxygen atoms in total. The van der Waals surface area contributed by atoms with Gasteiger partial charge in [0.15, 0.2) is 0 Å². The number of fused-ring (bicyclic) bond motifs is 1. The Morgan fingerprint density at radius 1 is 1.43 bits per heavy atom. The molecular weight excluding hydrogens is 266 g/mol. The lowest BCUT2D eigenvalue weighted by molar-refractivity contribution is -0.123. The van der Waals surface area contributed by atoms with Gasteiger partial charge in [-0.1, -0.05) is 18.2 Å². The van der Waals surface area contributed by atoms with Gasteiger partial charge in [-0.2, -0.15) is 0 Å². The molecule has 2 atom stereocenters. The van der Waals surface area contributed by atoms with E-state index in [4.69, 9.17) is 10.5 Å². The van der Waals surface area contributed by atoms with Gasteiger partial charge in [0.1, 0.15) is 0 Å². The van der Waals surface area contributed by atoms with Crippen molar-refractivity contribution in [3.8, 4) is 0 Å². The number of aromatic nitrogens is 1. The fourth-order valence-electron chi connectivity index (χ4n) is 2.32. The third-order valence-corrected chi connectivity index (χ3v) is 3.41. The molecule has 0 aliphatic carbocycles. The molecule has 1 heterocycles. The van der Waals surface area contributed by atoms with E-state index in [9.17, 15) is 4.79 Å². The molecule has 21 heavy (non-hydrogen) atoms. The van der Waals surface area contributed by atoms with Crippen molar-refractivity contribution in [1.82, 2.24) is 10.3 Å². The number of ether oxygens (including phenoxy) is 1. The van der Waals surface area contributed by atoms with E-state index in [0.717, 1.165) is 16.5 Å². The molecule has 0 aliphatic heterocycles. The summed E-state index contributed by atoms with van der Waals surface area (Å²) in [5, 5.41) is 3.99. The number of amides is 1. The molecule has 2 aromatic rings. The lowest BCUT2D eigenvalue weighted by atomic mass is 10.0. The van der Waals surface area contributed by atoms with E-state index in [0.29, 0.717) is 19.6 Å². The fourth-order valence-corrected chi connectivity index (χ4v) is 2.32. The Bertz CT molecular complexity index is 594. The van der Waals surface area contributed by atoms with Crippen LogP contribution in [0.1, 0.15) is 19.4 Å². The van der Waals surface area contributed by atoms with Crippen LogP contribution < -0.4 is 11.1 Å². The van der Waals surface area contributed by atoms with Gasteiger partial charge in [0, 0.05) is 29.7 Å². The molecule has 0 spiro atoms. The lowest BCUT2D eigenvalue weighted by Crippen LogP contribution is -2.46. The zero-order chi connectivity index (χ0) is 15.2. The zero-order valence-electron chi connectivity index (χ0n) is 12.6. The van der Waals surface area contributed by atoms with Crippen LogP contribution in [0, 0.1) is 0 Å². The lowest BCUT2D eigenvalue weighted by Gasteiger charge is -2.17. The largest absolute Gasteiger partial charge is 0.380 e. The first-order valence-electron chi connectivity index (χ1n) is 7.30. The fraction of sp³-hybridized carbons (Fsp3) is 0.438. The van der Waals surface area contributed by atoms with Gasteiger partial charge in [-0.15, -0.1) is 0 Å². The minimum Gasteiger partial charge on any atom is -0.380 e. The molecule has 4 N–H and O–H groups in total. The van der Waals surface area contributed by atoms with Gasteiger partial charge < -0.3 is 20.8 Å². The first-order valence-corrected chi connectivity index (χ1v) is 7.30. The molecule has 0 saturated heterocycles. The highest BCUT2D eigenvalue weighted by Crippen LogP contribution is 2.18. The number of para-hydroxylation sites is 1. The van der Waals surface area contributed by atoms with Gasteiger partial charge in [-0.25, -0.2) is 0 Å². The van der Waals surface area contributed by atoms with Gasteiger partial charge in [0.25, 0.3) is 0 Å². The number of H-pyrrole nitrogens is 1. The van der Waals surface area contributed by atoms with Crippen molar-refractivity contribution in [2.24, 2.45) is 5.73 Å². The summed E-state index contributed by atoms with van der Waals surface area (Å²) in [6, 6.07) is 7.40. The molecule has 0 saturated carbocycles. The van der Waals surface area contributed by atoms with E-state index in [2.05, 4.69) is 10.3 Å². The number of nitrogens with two attached hydrogens (primary N) is 1. The number of nitrogens with one attached hydrogen (secondary N) is 2. The number of carbonyl (C=O) groups is 1. The molecule has 1 amide bonds. The second-order valence-corrected chi connectivity index (χ2v) is 5.24. The Labute approximate surface area is 124 Å². The number of carbonyl (C=O) groups excluding carboxylic acids is 1. The van der Waals surface area contributed by atoms with Crippen molar-refractivity contribution in [2.75, 3.05) is 13.2 Å². The summed E-state index contributed by atoms with van der Waals surface area (Å²) in [5.74, 6) is -0.146. The quantitative estimate of drug-likeness (QED) is 0.724. The molecule has 0 aliphatic rings. The highest BCUT2D eigenvalue weighted by molar-refractivity contribution is 5.86. The summed E-state index contributed by atoms with van der Waals surface area (Å²) in [4.78, 5) is 15.3. The minimum absolute atomic E-state index is 0.0357. The summed E-state index contributed by atoms with van der Waals surface area (Å²) in [5.41, 5.74) is 8.13. The van der Waals surface area contributed by atoms with Crippen LogP contribution >= 0.6 is 0 Å². The SMILES string of the molecule is CCOCC(C)NC(=O)[C@@H](N)Cc1c[nH]c2ccccc12. The standard InChI is InChI=1S/C16H23N3O2/c1-3-21-10-11(2)19-16(20)14(17)8-12-9-18-15-7-5-4-6-13(12)15/h4-7,9,11,14,18H,3,8,10,17H2,1-2H3,(H,19,20)/t11?,14-/m0/s1. The highest BCUT2D eigenvalue weighted by Gasteiger charge is 2.17. The number of hydrogen-bond acceptors (Lipinski definition) is 3. The Morgan fingerprint density at radius 3 is 2.95 bits per heavy atom. The first-order chi connectivity index (χ1) is 10.1. The second-order valence-electron chi connectivity index (χ2n) is 5.24. The smallest absolute Gasteiger partial charge is 0.237 e. The van der Waals surface area contributed by atoms with Crippen molar-refractivity contribution < 1.29 is 9.53 Å². The molecule has 1 unspecified atom stereocenters. The predicted molar refractivity (Wildman–Crippen MR) is 84.1 cm³/mol. The molecule has 0 bridgehead atoms. The van der Waals surface area contributed by atoms with Gasteiger partial charge >= 0.3 is 0 Å². The highest BCUT2D eigenvalue weighted by atomic mass is 16.5. The number of rotatable bonds is 7. The maximum atomic E-state index is 12.1. The molecule has 5 heteroatoms. The summed E-state index contributed by atoms with van der Waals surface area (Å²) < 4.78 is 5.28. The summed E-state index contributed by atoms with van der Waals surface area (Å²) >= 11 is 0. The van der Waals surface area contributed by atoms with Crippen LogP contribution in [0.5, 0.6) is 0 Å². The summed E-state index contributed by atoms with van der Waals surface area (Å²) in [6.07, 6.45) is 2.43. The summed E-state index contributed by atoms with van der Waals surface area (Å²) in [6.45, 7) is 4.98. The van der Waals surface area contributed by atoms with Crippen LogP contribution in [-0.4, -0.2) is 36.2 Å². The van der Waals surface area contributed by atoms with Gasteiger partial charge in [-0.3, -0.25) is 4.79 Å². The Morgan fingerprint density at radius 2 is 2.19 bits per heavy atom. The molecule has 1 aromatic carbocycles. The topological polar surface area (TPSA) is 80.1 Å². The van der Waals surface area contributed by atoms with E-state index >= 15 is 0 Å². The van der Waals surface area contributed by atoms with Crippen molar-refractivity contribution >= 4 is 16.8 Å². The van der Waals surface area contributed by atoms with Crippen molar-refractivity contribution in [3.63, 3.8) is 0 Å². The van der Waals surface area contributed by atoms with Crippen LogP contribution in [-0.2, 0) is 16.0 Å². The van der Waals surface area contributed by atoms with Gasteiger partial charge in [-0.05, 0) is 31.9 Å². The first kappa shape index (κ1) is 15.5. The molecular formula is C16H23N3O2. The van der Waals surface area contributed by atoms with Crippen LogP contribution in [0.25, 0.3) is 10.9 Å². The molecule has 2 rings (SSSR count). The molecule has 0 radical (unpaired) electrons. The van der Waals surface area contributed by atoms with Gasteiger partial charge in [0.05, 0.1) is 12.6 Å². The number of hydrogen-bond donors (Lipinski definition) is 3. The average molecular weight is 289 g/mol. The molecule has 114 valence electrons. The second kappa shape index (κ2) is 7.24. The predicted octanol–water partition coefficient (Wildman–Crippen LogP) is 1.58. The minimum atomic E-state index is -0.562. The van der Waals surface area contributed by atoms with Crippen molar-refractivity contribution in [2.45, 2.75) is 32.4 Å². The van der Waals surface area contributed by atoms with E-state index in [1.807, 2.05) is 44.3 Å². The van der Waals surface area contributed by atoms with Crippen molar-refractivity contribution in [1.29, 1.82) is 0 Å². The Balaban J connectivity index is 1.94. The Kier molecular flexibility index (Phi) is 5.36. The van der Waals surface area contributed by atoms with Crippen LogP contribution in [0.3, 0.4) is 0 Å². The van der Waals surface area contributed by atoms with Crippen LogP contribution in [0.15, 0.2) is 30.5 Å². The third-order valence-electron chi connectivity index (χ3n) is 3.41. The monoisotopic (exact) mass is 289 g/mol. The molecule has 1 aromatic heterocycles. The number of aromatic amines is 1.